The number of nitrogens with zero attached hydrogens (tertiary/aromatic N) is 1. The molecule has 0 radical (unpaired) electrons. The van der Waals surface area contributed by atoms with Gasteiger partial charge in [-0.25, -0.2) is 5.43 Å². The number of ether oxygens (including phenoxy) is 4. The molecule has 0 atom stereocenters. The molecular formula is C19H20F2N2O5. The van der Waals surface area contributed by atoms with Crippen LogP contribution in [-0.2, 0) is 4.79 Å². The molecule has 0 fully saturated rings. The lowest BCUT2D eigenvalue weighted by molar-refractivity contribution is -0.123. The normalized spacial score (nSPS) is 10.8. The molecule has 9 heteroatoms. The van der Waals surface area contributed by atoms with Crippen molar-refractivity contribution >= 4 is 12.1 Å². The molecule has 0 aliphatic rings. The van der Waals surface area contributed by atoms with Crippen molar-refractivity contribution in [3.63, 3.8) is 0 Å². The molecule has 0 aliphatic heterocycles. The van der Waals surface area contributed by atoms with Gasteiger partial charge in [-0.1, -0.05) is 12.1 Å². The van der Waals surface area contributed by atoms with Crippen LogP contribution in [0.1, 0.15) is 11.1 Å². The number of rotatable bonds is 9. The molecule has 0 saturated heterocycles. The third-order valence-electron chi connectivity index (χ3n) is 3.45. The SMILES string of the molecule is COc1cc(/C=N\NC(=O)COc2cccc(C)c2)cc(OC)c1OC(F)F. The predicted octanol–water partition coefficient (Wildman–Crippen LogP) is 3.14. The molecular weight excluding hydrogens is 374 g/mol. The van der Waals surface area contributed by atoms with E-state index in [9.17, 15) is 13.6 Å². The molecule has 1 N–H and O–H groups in total. The van der Waals surface area contributed by atoms with Gasteiger partial charge >= 0.3 is 6.61 Å². The maximum Gasteiger partial charge on any atom is 0.387 e. The molecule has 0 bridgehead atoms. The summed E-state index contributed by atoms with van der Waals surface area (Å²) in [6.07, 6.45) is 1.31. The lowest BCUT2D eigenvalue weighted by atomic mass is 10.2. The molecule has 0 heterocycles. The Labute approximate surface area is 160 Å². The van der Waals surface area contributed by atoms with Crippen LogP contribution in [0.2, 0.25) is 0 Å². The van der Waals surface area contributed by atoms with E-state index in [-0.39, 0.29) is 23.9 Å². The number of amides is 1. The first kappa shape index (κ1) is 20.9. The quantitative estimate of drug-likeness (QED) is 0.522. The first-order valence-electron chi connectivity index (χ1n) is 8.15. The molecule has 28 heavy (non-hydrogen) atoms. The van der Waals surface area contributed by atoms with Crippen LogP contribution in [-0.4, -0.2) is 39.6 Å². The van der Waals surface area contributed by atoms with Gasteiger partial charge in [-0.3, -0.25) is 4.79 Å². The van der Waals surface area contributed by atoms with Gasteiger partial charge in [-0.2, -0.15) is 13.9 Å². The Bertz CT molecular complexity index is 818. The van der Waals surface area contributed by atoms with Crippen molar-refractivity contribution in [2.24, 2.45) is 5.10 Å². The molecule has 1 amide bonds. The molecule has 2 rings (SSSR count). The summed E-state index contributed by atoms with van der Waals surface area (Å²) in [7, 11) is 2.61. The standard InChI is InChI=1S/C19H20F2N2O5/c1-12-5-4-6-14(7-12)27-11-17(24)23-22-10-13-8-15(25-2)18(28-19(20)21)16(9-13)26-3/h4-10,19H,11H2,1-3H3,(H,23,24)/b22-10-. The Morgan fingerprint density at radius 3 is 2.43 bits per heavy atom. The van der Waals surface area contributed by atoms with Crippen LogP contribution >= 0.6 is 0 Å². The minimum absolute atomic E-state index is 0.0372. The summed E-state index contributed by atoms with van der Waals surface area (Å²) in [5.41, 5.74) is 3.76. The summed E-state index contributed by atoms with van der Waals surface area (Å²) >= 11 is 0. The topological polar surface area (TPSA) is 78.4 Å². The van der Waals surface area contributed by atoms with Crippen molar-refractivity contribution in [2.45, 2.75) is 13.5 Å². The van der Waals surface area contributed by atoms with Crippen LogP contribution in [0.15, 0.2) is 41.5 Å². The van der Waals surface area contributed by atoms with Crippen LogP contribution in [0, 0.1) is 6.92 Å². The molecule has 7 nitrogen and oxygen atoms in total. The van der Waals surface area contributed by atoms with E-state index in [2.05, 4.69) is 15.3 Å². The summed E-state index contributed by atoms with van der Waals surface area (Å²) < 4.78 is 45.0. The second kappa shape index (κ2) is 10.1. The highest BCUT2D eigenvalue weighted by atomic mass is 19.3. The van der Waals surface area contributed by atoms with Gasteiger partial charge in [-0.15, -0.1) is 0 Å². The number of hydrogen-bond donors (Lipinski definition) is 1. The van der Waals surface area contributed by atoms with Crippen molar-refractivity contribution in [3.05, 3.63) is 47.5 Å². The molecule has 0 aromatic heterocycles. The third-order valence-corrected chi connectivity index (χ3v) is 3.45. The molecule has 0 unspecified atom stereocenters. The van der Waals surface area contributed by atoms with E-state index in [4.69, 9.17) is 14.2 Å². The maximum atomic E-state index is 12.5. The second-order valence-electron chi connectivity index (χ2n) is 5.53. The first-order chi connectivity index (χ1) is 13.4. The van der Waals surface area contributed by atoms with E-state index in [1.165, 1.54) is 32.6 Å². The lowest BCUT2D eigenvalue weighted by Crippen LogP contribution is -2.24. The van der Waals surface area contributed by atoms with Gasteiger partial charge in [0.05, 0.1) is 20.4 Å². The van der Waals surface area contributed by atoms with Crippen molar-refractivity contribution in [3.8, 4) is 23.0 Å². The van der Waals surface area contributed by atoms with E-state index in [1.807, 2.05) is 19.1 Å². The highest BCUT2D eigenvalue weighted by molar-refractivity contribution is 5.84. The Kier molecular flexibility index (Phi) is 7.55. The molecule has 2 aromatic rings. The van der Waals surface area contributed by atoms with E-state index in [0.717, 1.165) is 5.56 Å². The van der Waals surface area contributed by atoms with Gasteiger partial charge in [0.2, 0.25) is 5.75 Å². The fourth-order valence-corrected chi connectivity index (χ4v) is 2.25. The minimum atomic E-state index is -3.03. The minimum Gasteiger partial charge on any atom is -0.493 e. The number of halogens is 2. The number of benzene rings is 2. The van der Waals surface area contributed by atoms with E-state index < -0.39 is 12.5 Å². The Balaban J connectivity index is 2.00. The number of carbonyl (C=O) groups excluding carboxylic acids is 1. The zero-order valence-corrected chi connectivity index (χ0v) is 15.6. The van der Waals surface area contributed by atoms with Gasteiger partial charge in [0.15, 0.2) is 18.1 Å². The van der Waals surface area contributed by atoms with Gasteiger partial charge in [0.25, 0.3) is 5.91 Å². The third kappa shape index (κ3) is 6.11. The number of hydrogen-bond acceptors (Lipinski definition) is 6. The number of carbonyl (C=O) groups is 1. The van der Waals surface area contributed by atoms with Crippen molar-refractivity contribution in [1.82, 2.24) is 5.43 Å². The number of alkyl halides is 2. The first-order valence-corrected chi connectivity index (χ1v) is 8.15. The van der Waals surface area contributed by atoms with Crippen LogP contribution in [0.25, 0.3) is 0 Å². The highest BCUT2D eigenvalue weighted by Crippen LogP contribution is 2.39. The summed E-state index contributed by atoms with van der Waals surface area (Å²) in [6, 6.07) is 10.1. The average Bonchev–Trinajstić information content (AvgIpc) is 2.66. The zero-order chi connectivity index (χ0) is 20.5. The van der Waals surface area contributed by atoms with Crippen LogP contribution in [0.3, 0.4) is 0 Å². The Hall–Kier alpha value is -3.36. The maximum absolute atomic E-state index is 12.5. The van der Waals surface area contributed by atoms with Crippen molar-refractivity contribution in [2.75, 3.05) is 20.8 Å². The molecule has 0 spiro atoms. The van der Waals surface area contributed by atoms with E-state index >= 15 is 0 Å². The van der Waals surface area contributed by atoms with Crippen LogP contribution < -0.4 is 24.4 Å². The zero-order valence-electron chi connectivity index (χ0n) is 15.6. The van der Waals surface area contributed by atoms with Crippen molar-refractivity contribution in [1.29, 1.82) is 0 Å². The number of aryl methyl sites for hydroxylation is 1. The Morgan fingerprint density at radius 2 is 1.86 bits per heavy atom. The fraction of sp³-hybridized carbons (Fsp3) is 0.263. The monoisotopic (exact) mass is 394 g/mol. The second-order valence-corrected chi connectivity index (χ2v) is 5.53. The molecule has 150 valence electrons. The predicted molar refractivity (Wildman–Crippen MR) is 98.6 cm³/mol. The fourth-order valence-electron chi connectivity index (χ4n) is 2.25. The summed E-state index contributed by atoms with van der Waals surface area (Å²) in [6.45, 7) is -1.33. The number of nitrogens with one attached hydrogen (secondary N) is 1. The number of methoxy groups -OCH3 is 2. The molecule has 0 aliphatic carbocycles. The van der Waals surface area contributed by atoms with Crippen LogP contribution in [0.4, 0.5) is 8.78 Å². The van der Waals surface area contributed by atoms with Gasteiger partial charge in [0, 0.05) is 5.56 Å². The highest BCUT2D eigenvalue weighted by Gasteiger charge is 2.17. The largest absolute Gasteiger partial charge is 0.493 e. The lowest BCUT2D eigenvalue weighted by Gasteiger charge is -2.14. The van der Waals surface area contributed by atoms with Crippen LogP contribution in [0.5, 0.6) is 23.0 Å². The Morgan fingerprint density at radius 1 is 1.18 bits per heavy atom. The van der Waals surface area contributed by atoms with Crippen molar-refractivity contribution < 1.29 is 32.5 Å². The van der Waals surface area contributed by atoms with E-state index in [0.29, 0.717) is 11.3 Å². The number of hydrazone groups is 1. The van der Waals surface area contributed by atoms with Gasteiger partial charge in [0.1, 0.15) is 5.75 Å². The van der Waals surface area contributed by atoms with Gasteiger partial charge < -0.3 is 18.9 Å². The molecule has 2 aromatic carbocycles. The molecule has 0 saturated carbocycles. The summed E-state index contributed by atoms with van der Waals surface area (Å²) in [4.78, 5) is 11.8. The van der Waals surface area contributed by atoms with Gasteiger partial charge in [-0.05, 0) is 36.8 Å². The average molecular weight is 394 g/mol. The summed E-state index contributed by atoms with van der Waals surface area (Å²) in [5.74, 6) is -0.0456. The smallest absolute Gasteiger partial charge is 0.387 e. The summed E-state index contributed by atoms with van der Waals surface area (Å²) in [5, 5.41) is 3.81. The van der Waals surface area contributed by atoms with E-state index in [1.54, 1.807) is 12.1 Å².